The zero-order chi connectivity index (χ0) is 7.72. The molecule has 1 amide bonds. The van der Waals surface area contributed by atoms with Gasteiger partial charge in [0.25, 0.3) is 0 Å². The number of likely N-dealkylation sites (tertiary alicyclic amines) is 1. The molecule has 0 bridgehead atoms. The topological polar surface area (TPSA) is 40.5 Å². The minimum Gasteiger partial charge on any atom is -0.396 e. The number of amides is 1. The van der Waals surface area contributed by atoms with Crippen LogP contribution in [0.15, 0.2) is 0 Å². The van der Waals surface area contributed by atoms with Gasteiger partial charge in [0.2, 0.25) is 5.91 Å². The van der Waals surface area contributed by atoms with Crippen LogP contribution in [0.2, 0.25) is 0 Å². The van der Waals surface area contributed by atoms with E-state index in [1.807, 2.05) is 6.92 Å². The van der Waals surface area contributed by atoms with Crippen molar-refractivity contribution in [3.8, 4) is 0 Å². The molecule has 1 rings (SSSR count). The van der Waals surface area contributed by atoms with Gasteiger partial charge in [0.15, 0.2) is 0 Å². The molecule has 0 saturated carbocycles. The van der Waals surface area contributed by atoms with E-state index in [0.29, 0.717) is 12.5 Å². The van der Waals surface area contributed by atoms with Crippen molar-refractivity contribution in [2.24, 2.45) is 5.92 Å². The fraction of sp³-hybridized carbons (Fsp3) is 0.857. The molecule has 2 atom stereocenters. The minimum absolute atomic E-state index is 0.0787. The van der Waals surface area contributed by atoms with Crippen LogP contribution in [0.4, 0.5) is 0 Å². The SMILES string of the molecule is C[C@H]1[C@H](CCO)C(=O)N1C. The Balaban J connectivity index is 2.42. The maximum Gasteiger partial charge on any atom is 0.227 e. The van der Waals surface area contributed by atoms with Crippen LogP contribution in [-0.2, 0) is 4.79 Å². The predicted octanol–water partition coefficient (Wildman–Crippen LogP) is -0.155. The Labute approximate surface area is 60.6 Å². The highest BCUT2D eigenvalue weighted by Gasteiger charge is 2.40. The Kier molecular flexibility index (Phi) is 1.94. The second kappa shape index (κ2) is 2.58. The van der Waals surface area contributed by atoms with Crippen LogP contribution in [0.25, 0.3) is 0 Å². The normalized spacial score (nSPS) is 32.3. The summed E-state index contributed by atoms with van der Waals surface area (Å²) in [6, 6.07) is 0.319. The van der Waals surface area contributed by atoms with Crippen molar-refractivity contribution in [1.82, 2.24) is 4.90 Å². The van der Waals surface area contributed by atoms with Crippen molar-refractivity contribution in [2.75, 3.05) is 13.7 Å². The van der Waals surface area contributed by atoms with Crippen molar-refractivity contribution < 1.29 is 9.90 Å². The molecule has 0 aromatic rings. The molecule has 1 saturated heterocycles. The molecular weight excluding hydrogens is 130 g/mol. The number of nitrogens with zero attached hydrogens (tertiary/aromatic N) is 1. The molecule has 0 unspecified atom stereocenters. The summed E-state index contributed by atoms with van der Waals surface area (Å²) < 4.78 is 0. The number of aliphatic hydroxyl groups is 1. The zero-order valence-corrected chi connectivity index (χ0v) is 6.37. The van der Waals surface area contributed by atoms with Gasteiger partial charge in [-0.25, -0.2) is 0 Å². The van der Waals surface area contributed by atoms with E-state index in [9.17, 15) is 4.79 Å². The van der Waals surface area contributed by atoms with Gasteiger partial charge < -0.3 is 10.0 Å². The number of carbonyl (C=O) groups excluding carboxylic acids is 1. The Morgan fingerprint density at radius 3 is 2.70 bits per heavy atom. The van der Waals surface area contributed by atoms with E-state index >= 15 is 0 Å². The highest BCUT2D eigenvalue weighted by atomic mass is 16.3. The largest absolute Gasteiger partial charge is 0.396 e. The quantitative estimate of drug-likeness (QED) is 0.546. The summed E-state index contributed by atoms with van der Waals surface area (Å²) in [6.45, 7) is 2.12. The lowest BCUT2D eigenvalue weighted by Gasteiger charge is -2.42. The average molecular weight is 143 g/mol. The van der Waals surface area contributed by atoms with Crippen LogP contribution in [-0.4, -0.2) is 35.6 Å². The molecule has 3 heteroatoms. The number of β-lactam (4-membered cyclic amide) rings is 1. The molecule has 58 valence electrons. The minimum atomic E-state index is 0.0787. The van der Waals surface area contributed by atoms with E-state index in [0.717, 1.165) is 0 Å². The average Bonchev–Trinajstić information content (AvgIpc) is 1.98. The van der Waals surface area contributed by atoms with E-state index in [2.05, 4.69) is 0 Å². The third kappa shape index (κ3) is 0.904. The van der Waals surface area contributed by atoms with E-state index in [4.69, 9.17) is 5.11 Å². The number of hydrogen-bond donors (Lipinski definition) is 1. The third-order valence-electron chi connectivity index (χ3n) is 2.30. The monoisotopic (exact) mass is 143 g/mol. The first kappa shape index (κ1) is 7.54. The number of aliphatic hydroxyl groups excluding tert-OH is 1. The zero-order valence-electron chi connectivity index (χ0n) is 6.37. The molecule has 0 spiro atoms. The van der Waals surface area contributed by atoms with Crippen LogP contribution in [0, 0.1) is 5.92 Å². The first-order valence-corrected chi connectivity index (χ1v) is 3.56. The molecule has 1 aliphatic heterocycles. The molecule has 0 aromatic heterocycles. The Morgan fingerprint density at radius 2 is 2.30 bits per heavy atom. The van der Waals surface area contributed by atoms with Gasteiger partial charge in [0, 0.05) is 19.7 Å². The lowest BCUT2D eigenvalue weighted by atomic mass is 9.87. The van der Waals surface area contributed by atoms with Gasteiger partial charge in [-0.15, -0.1) is 0 Å². The molecule has 3 nitrogen and oxygen atoms in total. The maximum atomic E-state index is 11.0. The van der Waals surface area contributed by atoms with Crippen LogP contribution in [0.3, 0.4) is 0 Å². The molecule has 0 aromatic carbocycles. The van der Waals surface area contributed by atoms with Crippen molar-refractivity contribution in [3.63, 3.8) is 0 Å². The highest BCUT2D eigenvalue weighted by molar-refractivity contribution is 5.85. The maximum absolute atomic E-state index is 11.0. The first-order valence-electron chi connectivity index (χ1n) is 3.56. The van der Waals surface area contributed by atoms with Crippen molar-refractivity contribution >= 4 is 5.91 Å². The molecule has 1 fully saturated rings. The van der Waals surface area contributed by atoms with Crippen LogP contribution >= 0.6 is 0 Å². The number of hydrogen-bond acceptors (Lipinski definition) is 2. The second-order valence-corrected chi connectivity index (χ2v) is 2.81. The summed E-state index contributed by atoms with van der Waals surface area (Å²) in [4.78, 5) is 12.7. The van der Waals surface area contributed by atoms with Crippen molar-refractivity contribution in [3.05, 3.63) is 0 Å². The summed E-state index contributed by atoms with van der Waals surface area (Å²) in [5, 5.41) is 8.55. The standard InChI is InChI=1S/C7H13NO2/c1-5-6(3-4-9)7(10)8(5)2/h5-6,9H,3-4H2,1-2H3/t5-,6-/m0/s1. The summed E-state index contributed by atoms with van der Waals surface area (Å²) in [6.07, 6.45) is 0.615. The van der Waals surface area contributed by atoms with Crippen molar-refractivity contribution in [1.29, 1.82) is 0 Å². The molecule has 1 aliphatic rings. The van der Waals surface area contributed by atoms with Gasteiger partial charge in [-0.2, -0.15) is 0 Å². The van der Waals surface area contributed by atoms with Crippen LogP contribution in [0.1, 0.15) is 13.3 Å². The van der Waals surface area contributed by atoms with Crippen LogP contribution in [0.5, 0.6) is 0 Å². The van der Waals surface area contributed by atoms with Gasteiger partial charge in [-0.1, -0.05) is 0 Å². The van der Waals surface area contributed by atoms with Gasteiger partial charge in [-0.05, 0) is 13.3 Å². The molecule has 10 heavy (non-hydrogen) atoms. The summed E-state index contributed by atoms with van der Waals surface area (Å²) in [7, 11) is 1.79. The van der Waals surface area contributed by atoms with Gasteiger partial charge in [0.1, 0.15) is 0 Å². The highest BCUT2D eigenvalue weighted by Crippen LogP contribution is 2.26. The van der Waals surface area contributed by atoms with Crippen molar-refractivity contribution in [2.45, 2.75) is 19.4 Å². The second-order valence-electron chi connectivity index (χ2n) is 2.81. The number of carbonyl (C=O) groups is 1. The molecular formula is C7H13NO2. The fourth-order valence-corrected chi connectivity index (χ4v) is 1.36. The van der Waals surface area contributed by atoms with Crippen LogP contribution < -0.4 is 0 Å². The summed E-state index contributed by atoms with van der Waals surface area (Å²) in [5.41, 5.74) is 0. The van der Waals surface area contributed by atoms with E-state index < -0.39 is 0 Å². The molecule has 1 heterocycles. The lowest BCUT2D eigenvalue weighted by Crippen LogP contribution is -2.57. The first-order chi connectivity index (χ1) is 4.68. The smallest absolute Gasteiger partial charge is 0.227 e. The Hall–Kier alpha value is -0.570. The lowest BCUT2D eigenvalue weighted by molar-refractivity contribution is -0.153. The molecule has 1 N–H and O–H groups in total. The summed E-state index contributed by atoms with van der Waals surface area (Å²) >= 11 is 0. The Morgan fingerprint density at radius 1 is 1.70 bits per heavy atom. The van der Waals surface area contributed by atoms with E-state index in [1.165, 1.54) is 0 Å². The van der Waals surface area contributed by atoms with Gasteiger partial charge in [0.05, 0.1) is 5.92 Å². The fourth-order valence-electron chi connectivity index (χ4n) is 1.36. The molecule has 0 radical (unpaired) electrons. The summed E-state index contributed by atoms with van der Waals surface area (Å²) in [5.74, 6) is 0.247. The number of rotatable bonds is 2. The van der Waals surface area contributed by atoms with E-state index in [1.54, 1.807) is 11.9 Å². The molecule has 0 aliphatic carbocycles. The van der Waals surface area contributed by atoms with E-state index in [-0.39, 0.29) is 18.4 Å². The van der Waals surface area contributed by atoms with Gasteiger partial charge >= 0.3 is 0 Å². The predicted molar refractivity (Wildman–Crippen MR) is 37.4 cm³/mol. The van der Waals surface area contributed by atoms with Gasteiger partial charge in [-0.3, -0.25) is 4.79 Å². The Bertz CT molecular complexity index is 147. The third-order valence-corrected chi connectivity index (χ3v) is 2.30.